The molecule has 48 heavy (non-hydrogen) atoms. The summed E-state index contributed by atoms with van der Waals surface area (Å²) in [5.41, 5.74) is 6.47. The number of fused-ring (bicyclic) bond motifs is 1. The van der Waals surface area contributed by atoms with Crippen LogP contribution in [0, 0.1) is 0 Å². The van der Waals surface area contributed by atoms with Gasteiger partial charge in [-0.2, -0.15) is 9.97 Å². The summed E-state index contributed by atoms with van der Waals surface area (Å²) in [7, 11) is 3.32. The first-order valence-electron chi connectivity index (χ1n) is 16.9. The van der Waals surface area contributed by atoms with E-state index >= 15 is 0 Å². The number of likely N-dealkylation sites (tertiary alicyclic amines) is 1. The Morgan fingerprint density at radius 2 is 1.38 bits per heavy atom. The van der Waals surface area contributed by atoms with Crippen LogP contribution in [0.4, 0.5) is 5.82 Å². The monoisotopic (exact) mass is 647 g/mol. The van der Waals surface area contributed by atoms with Crippen molar-refractivity contribution in [3.8, 4) is 17.5 Å². The average Bonchev–Trinajstić information content (AvgIpc) is 3.63. The number of rotatable bonds is 15. The highest BCUT2D eigenvalue weighted by Crippen LogP contribution is 2.30. The first kappa shape index (κ1) is 33.0. The zero-order valence-electron chi connectivity index (χ0n) is 28.2. The van der Waals surface area contributed by atoms with Crippen LogP contribution in [0.25, 0.3) is 11.0 Å². The first-order chi connectivity index (χ1) is 23.5. The van der Waals surface area contributed by atoms with Crippen LogP contribution in [-0.2, 0) is 26.1 Å². The van der Waals surface area contributed by atoms with E-state index in [2.05, 4.69) is 46.0 Å². The van der Waals surface area contributed by atoms with E-state index in [0.29, 0.717) is 49.0 Å². The summed E-state index contributed by atoms with van der Waals surface area (Å²) in [5, 5.41) is 0. The van der Waals surface area contributed by atoms with Gasteiger partial charge < -0.3 is 24.1 Å². The second kappa shape index (κ2) is 15.8. The van der Waals surface area contributed by atoms with Crippen molar-refractivity contribution >= 4 is 16.9 Å². The van der Waals surface area contributed by atoms with E-state index in [0.717, 1.165) is 53.1 Å². The molecule has 0 bridgehead atoms. The average molecular weight is 648 g/mol. The summed E-state index contributed by atoms with van der Waals surface area (Å²) >= 11 is 0. The maximum atomic E-state index is 13.3. The second-order valence-electron chi connectivity index (χ2n) is 12.4. The van der Waals surface area contributed by atoms with Crippen LogP contribution in [0.2, 0.25) is 0 Å². The maximum Gasteiger partial charge on any atom is 0.319 e. The van der Waals surface area contributed by atoms with Crippen LogP contribution in [-0.4, -0.2) is 53.8 Å². The summed E-state index contributed by atoms with van der Waals surface area (Å²) in [4.78, 5) is 30.9. The third kappa shape index (κ3) is 8.33. The predicted molar refractivity (Wildman–Crippen MR) is 190 cm³/mol. The topological polar surface area (TPSA) is 92.8 Å². The Morgan fingerprint density at radius 3 is 1.96 bits per heavy atom. The van der Waals surface area contributed by atoms with E-state index in [1.165, 1.54) is 31.5 Å². The van der Waals surface area contributed by atoms with Gasteiger partial charge in [0.05, 0.1) is 26.3 Å². The van der Waals surface area contributed by atoms with Gasteiger partial charge in [0.2, 0.25) is 5.56 Å². The number of aromatic amines is 1. The van der Waals surface area contributed by atoms with Crippen molar-refractivity contribution in [1.29, 1.82) is 0 Å². The molecule has 0 saturated carbocycles. The van der Waals surface area contributed by atoms with Crippen molar-refractivity contribution in [3.63, 3.8) is 0 Å². The van der Waals surface area contributed by atoms with Gasteiger partial charge in [-0.1, -0.05) is 61.9 Å². The molecule has 250 valence electrons. The van der Waals surface area contributed by atoms with Crippen LogP contribution in [0.1, 0.15) is 60.4 Å². The number of benzene rings is 3. The van der Waals surface area contributed by atoms with Crippen LogP contribution < -0.4 is 24.7 Å². The molecule has 6 rings (SSSR count). The highest BCUT2D eigenvalue weighted by molar-refractivity contribution is 5.88. The molecule has 2 aromatic heterocycles. The number of hydrogen-bond acceptors (Lipinski definition) is 8. The lowest BCUT2D eigenvalue weighted by molar-refractivity contribution is 0.286. The van der Waals surface area contributed by atoms with Crippen LogP contribution in [0.3, 0.4) is 0 Å². The molecule has 9 heteroatoms. The third-order valence-corrected chi connectivity index (χ3v) is 8.84. The number of methoxy groups -OCH3 is 2. The number of nitrogens with one attached hydrogen (secondary N) is 1. The number of nitrogens with zero attached hydrogens (tertiary/aromatic N) is 4. The number of unbranched alkanes of at least 4 members (excludes halogenated alkanes) is 1. The lowest BCUT2D eigenvalue weighted by Gasteiger charge is -2.26. The fraction of sp³-hybridized carbons (Fsp3) is 0.359. The van der Waals surface area contributed by atoms with Gasteiger partial charge >= 0.3 is 6.01 Å². The Labute approximate surface area is 282 Å². The highest BCUT2D eigenvalue weighted by atomic mass is 16.5. The number of hydrogen-bond donors (Lipinski definition) is 1. The molecule has 1 aliphatic rings. The number of H-pyrrole nitrogens is 1. The fourth-order valence-electron chi connectivity index (χ4n) is 6.19. The Kier molecular flexibility index (Phi) is 10.9. The van der Waals surface area contributed by atoms with Gasteiger partial charge in [0.15, 0.2) is 5.82 Å². The van der Waals surface area contributed by atoms with Crippen LogP contribution in [0.5, 0.6) is 17.5 Å². The van der Waals surface area contributed by atoms with Crippen molar-refractivity contribution in [1.82, 2.24) is 19.9 Å². The first-order valence-corrected chi connectivity index (χ1v) is 16.9. The van der Waals surface area contributed by atoms with Gasteiger partial charge in [-0.15, -0.1) is 0 Å². The zero-order valence-corrected chi connectivity index (χ0v) is 28.2. The second-order valence-corrected chi connectivity index (χ2v) is 12.4. The molecular weight excluding hydrogens is 602 g/mol. The summed E-state index contributed by atoms with van der Waals surface area (Å²) < 4.78 is 16.9. The molecule has 3 aromatic carbocycles. The minimum absolute atomic E-state index is 0.193. The molecule has 5 aromatic rings. The Bertz CT molecular complexity index is 1780. The molecule has 0 amide bonds. The smallest absolute Gasteiger partial charge is 0.319 e. The molecule has 9 nitrogen and oxygen atoms in total. The van der Waals surface area contributed by atoms with Gasteiger partial charge in [0.1, 0.15) is 17.0 Å². The Hall–Kier alpha value is -4.89. The normalized spacial score (nSPS) is 13.1. The van der Waals surface area contributed by atoms with Crippen molar-refractivity contribution in [2.75, 3.05) is 38.8 Å². The van der Waals surface area contributed by atoms with Gasteiger partial charge in [-0.05, 0) is 90.9 Å². The molecule has 0 aliphatic carbocycles. The highest BCUT2D eigenvalue weighted by Gasteiger charge is 2.21. The lowest BCUT2D eigenvalue weighted by atomic mass is 10.0. The van der Waals surface area contributed by atoms with E-state index < -0.39 is 0 Å². The van der Waals surface area contributed by atoms with Crippen molar-refractivity contribution in [2.24, 2.45) is 0 Å². The summed E-state index contributed by atoms with van der Waals surface area (Å²) in [6, 6.07) is 26.7. The maximum absolute atomic E-state index is 13.3. The molecule has 3 heterocycles. The largest absolute Gasteiger partial charge is 0.497 e. The molecule has 0 spiro atoms. The minimum Gasteiger partial charge on any atom is -0.497 e. The molecule has 1 N–H and O–H groups in total. The summed E-state index contributed by atoms with van der Waals surface area (Å²) in [6.45, 7) is 7.00. The van der Waals surface area contributed by atoms with E-state index in [1.54, 1.807) is 20.3 Å². The summed E-state index contributed by atoms with van der Waals surface area (Å²) in [5.74, 6) is 2.19. The van der Waals surface area contributed by atoms with Gasteiger partial charge in [-0.25, -0.2) is 0 Å². The van der Waals surface area contributed by atoms with Gasteiger partial charge in [0, 0.05) is 25.7 Å². The predicted octanol–water partition coefficient (Wildman–Crippen LogP) is 6.91. The molecule has 1 saturated heterocycles. The number of pyridine rings is 1. The SMILES string of the molecule is CCCCOc1nc(N(Cc2ccc(OC)cc2)Cc2ccc(OC)cc2)c2[nH]c(=O)cc(Cc3ccc(CN4CCCC4)cc3)c2n1. The Balaban J connectivity index is 1.40. The third-order valence-electron chi connectivity index (χ3n) is 8.84. The lowest BCUT2D eigenvalue weighted by Crippen LogP contribution is -2.25. The molecule has 0 radical (unpaired) electrons. The Morgan fingerprint density at radius 1 is 0.792 bits per heavy atom. The molecule has 1 aliphatic heterocycles. The van der Waals surface area contributed by atoms with Crippen molar-refractivity contribution in [2.45, 2.75) is 58.7 Å². The van der Waals surface area contributed by atoms with E-state index in [1.807, 2.05) is 48.5 Å². The summed E-state index contributed by atoms with van der Waals surface area (Å²) in [6.07, 6.45) is 5.00. The van der Waals surface area contributed by atoms with Gasteiger partial charge in [-0.3, -0.25) is 9.69 Å². The van der Waals surface area contributed by atoms with Crippen molar-refractivity contribution in [3.05, 3.63) is 117 Å². The van der Waals surface area contributed by atoms with Gasteiger partial charge in [0.25, 0.3) is 0 Å². The van der Waals surface area contributed by atoms with E-state index in [4.69, 9.17) is 24.2 Å². The molecule has 0 atom stereocenters. The minimum atomic E-state index is -0.193. The number of ether oxygens (including phenoxy) is 3. The molecule has 0 unspecified atom stereocenters. The molecule has 1 fully saturated rings. The standard InChI is InChI=1S/C39H45N5O4/c1-4-5-22-48-39-41-36-32(23-28-8-10-29(11-9-28)25-43-20-6-7-21-43)24-35(45)40-37(36)38(42-39)44(26-30-12-16-33(46-2)17-13-30)27-31-14-18-34(47-3)19-15-31/h8-19,24H,4-7,20-23,25-27H2,1-3H3,(H,40,45). The number of aromatic nitrogens is 3. The number of anilines is 1. The van der Waals surface area contributed by atoms with E-state index in [9.17, 15) is 4.79 Å². The van der Waals surface area contributed by atoms with E-state index in [-0.39, 0.29) is 5.56 Å². The molecular formula is C39H45N5O4. The van der Waals surface area contributed by atoms with Crippen molar-refractivity contribution < 1.29 is 14.2 Å². The van der Waals surface area contributed by atoms with Crippen LogP contribution >= 0.6 is 0 Å². The van der Waals surface area contributed by atoms with Crippen LogP contribution in [0.15, 0.2) is 83.7 Å². The zero-order chi connectivity index (χ0) is 33.3. The fourth-order valence-corrected chi connectivity index (χ4v) is 6.19. The quantitative estimate of drug-likeness (QED) is 0.123.